The van der Waals surface area contributed by atoms with Gasteiger partial charge in [-0.1, -0.05) is 6.92 Å². The van der Waals surface area contributed by atoms with Gasteiger partial charge in [0.1, 0.15) is 5.75 Å². The van der Waals surface area contributed by atoms with E-state index in [1.807, 2.05) is 6.92 Å². The van der Waals surface area contributed by atoms with E-state index in [0.717, 1.165) is 12.8 Å². The van der Waals surface area contributed by atoms with Crippen LogP contribution >= 0.6 is 0 Å². The fourth-order valence-electron chi connectivity index (χ4n) is 1.72. The van der Waals surface area contributed by atoms with Crippen molar-refractivity contribution in [3.05, 3.63) is 24.3 Å². The van der Waals surface area contributed by atoms with E-state index < -0.39 is 5.91 Å². The zero-order valence-electron chi connectivity index (χ0n) is 12.3. The highest BCUT2D eigenvalue weighted by molar-refractivity contribution is 5.92. The monoisotopic (exact) mass is 293 g/mol. The third kappa shape index (κ3) is 6.76. The molecule has 2 amide bonds. The van der Waals surface area contributed by atoms with Crippen LogP contribution in [0.3, 0.4) is 0 Å². The molecule has 0 aliphatic carbocycles. The fraction of sp³-hybridized carbons (Fsp3) is 0.467. The standard InChI is InChI=1S/C15H23N3O3/c1-11(3-2-9-16)15(20)18-12-4-6-13(7-5-12)21-10-8-14(17)19/h4-7,11H,2-3,8-10,16H2,1H3,(H2,17,19)(H,18,20). The summed E-state index contributed by atoms with van der Waals surface area (Å²) in [6, 6.07) is 6.99. The van der Waals surface area contributed by atoms with Crippen LogP contribution in [0.5, 0.6) is 5.75 Å². The number of nitrogens with one attached hydrogen (secondary N) is 1. The van der Waals surface area contributed by atoms with Crippen molar-refractivity contribution >= 4 is 17.5 Å². The van der Waals surface area contributed by atoms with Gasteiger partial charge in [0.25, 0.3) is 0 Å². The zero-order valence-corrected chi connectivity index (χ0v) is 12.3. The summed E-state index contributed by atoms with van der Waals surface area (Å²) in [4.78, 5) is 22.5. The second-order valence-corrected chi connectivity index (χ2v) is 4.91. The highest BCUT2D eigenvalue weighted by Crippen LogP contribution is 2.17. The van der Waals surface area contributed by atoms with Crippen molar-refractivity contribution in [3.63, 3.8) is 0 Å². The average Bonchev–Trinajstić information content (AvgIpc) is 2.46. The van der Waals surface area contributed by atoms with Crippen LogP contribution in [0, 0.1) is 5.92 Å². The quantitative estimate of drug-likeness (QED) is 0.637. The number of nitrogens with two attached hydrogens (primary N) is 2. The maximum atomic E-state index is 11.9. The first-order valence-corrected chi connectivity index (χ1v) is 7.05. The Labute approximate surface area is 124 Å². The Morgan fingerprint density at radius 3 is 2.52 bits per heavy atom. The molecule has 0 radical (unpaired) electrons. The predicted octanol–water partition coefficient (Wildman–Crippen LogP) is 1.25. The lowest BCUT2D eigenvalue weighted by Gasteiger charge is -2.12. The molecule has 0 aromatic heterocycles. The second-order valence-electron chi connectivity index (χ2n) is 4.91. The third-order valence-corrected chi connectivity index (χ3v) is 3.03. The molecular weight excluding hydrogens is 270 g/mol. The lowest BCUT2D eigenvalue weighted by molar-refractivity contribution is -0.120. The number of rotatable bonds is 9. The molecule has 1 aromatic carbocycles. The molecule has 0 aliphatic heterocycles. The summed E-state index contributed by atoms with van der Waals surface area (Å²) >= 11 is 0. The largest absolute Gasteiger partial charge is 0.493 e. The molecule has 6 heteroatoms. The van der Waals surface area contributed by atoms with Gasteiger partial charge < -0.3 is 21.5 Å². The first kappa shape index (κ1) is 17.0. The van der Waals surface area contributed by atoms with E-state index in [9.17, 15) is 9.59 Å². The maximum Gasteiger partial charge on any atom is 0.227 e. The highest BCUT2D eigenvalue weighted by Gasteiger charge is 2.12. The van der Waals surface area contributed by atoms with Gasteiger partial charge in [-0.2, -0.15) is 0 Å². The summed E-state index contributed by atoms with van der Waals surface area (Å²) in [6.07, 6.45) is 1.79. The minimum Gasteiger partial charge on any atom is -0.493 e. The molecule has 116 valence electrons. The topological polar surface area (TPSA) is 107 Å². The van der Waals surface area contributed by atoms with Crippen molar-refractivity contribution in [1.29, 1.82) is 0 Å². The highest BCUT2D eigenvalue weighted by atomic mass is 16.5. The van der Waals surface area contributed by atoms with Gasteiger partial charge in [-0.15, -0.1) is 0 Å². The Balaban J connectivity index is 2.43. The summed E-state index contributed by atoms with van der Waals surface area (Å²) in [5, 5.41) is 2.84. The van der Waals surface area contributed by atoms with Crippen molar-refractivity contribution in [2.24, 2.45) is 17.4 Å². The fourth-order valence-corrected chi connectivity index (χ4v) is 1.72. The van der Waals surface area contributed by atoms with Gasteiger partial charge in [-0.25, -0.2) is 0 Å². The summed E-state index contributed by atoms with van der Waals surface area (Å²) in [6.45, 7) is 2.72. The van der Waals surface area contributed by atoms with Crippen LogP contribution in [0.4, 0.5) is 5.69 Å². The molecule has 0 aliphatic rings. The molecule has 6 nitrogen and oxygen atoms in total. The first-order chi connectivity index (χ1) is 10.0. The van der Waals surface area contributed by atoms with E-state index in [4.69, 9.17) is 16.2 Å². The van der Waals surface area contributed by atoms with Gasteiger partial charge in [0.15, 0.2) is 0 Å². The van der Waals surface area contributed by atoms with Crippen LogP contribution < -0.4 is 21.5 Å². The van der Waals surface area contributed by atoms with Crippen molar-refractivity contribution < 1.29 is 14.3 Å². The predicted molar refractivity (Wildman–Crippen MR) is 81.8 cm³/mol. The van der Waals surface area contributed by atoms with Crippen LogP contribution in [-0.4, -0.2) is 25.0 Å². The Morgan fingerprint density at radius 1 is 1.29 bits per heavy atom. The van der Waals surface area contributed by atoms with Crippen LogP contribution in [0.25, 0.3) is 0 Å². The normalized spacial score (nSPS) is 11.7. The Bertz CT molecular complexity index is 460. The van der Waals surface area contributed by atoms with E-state index >= 15 is 0 Å². The number of carbonyl (C=O) groups excluding carboxylic acids is 2. The lowest BCUT2D eigenvalue weighted by atomic mass is 10.0. The van der Waals surface area contributed by atoms with Gasteiger partial charge in [0.2, 0.25) is 11.8 Å². The number of ether oxygens (including phenoxy) is 1. The zero-order chi connectivity index (χ0) is 15.7. The first-order valence-electron chi connectivity index (χ1n) is 7.05. The molecule has 0 bridgehead atoms. The maximum absolute atomic E-state index is 11.9. The van der Waals surface area contributed by atoms with E-state index in [-0.39, 0.29) is 24.9 Å². The lowest BCUT2D eigenvalue weighted by Crippen LogP contribution is -2.21. The molecule has 0 saturated carbocycles. The molecule has 1 aromatic rings. The molecule has 1 unspecified atom stereocenters. The molecule has 1 atom stereocenters. The van der Waals surface area contributed by atoms with Crippen LogP contribution in [-0.2, 0) is 9.59 Å². The summed E-state index contributed by atoms with van der Waals surface area (Å²) in [5.74, 6) is 0.140. The number of hydrogen-bond donors (Lipinski definition) is 3. The van der Waals surface area contributed by atoms with Crippen molar-refractivity contribution in [3.8, 4) is 5.75 Å². The SMILES string of the molecule is CC(CCCN)C(=O)Nc1ccc(OCCC(N)=O)cc1. The summed E-state index contributed by atoms with van der Waals surface area (Å²) in [7, 11) is 0. The van der Waals surface area contributed by atoms with Gasteiger partial charge in [-0.05, 0) is 43.7 Å². The number of anilines is 1. The summed E-state index contributed by atoms with van der Waals surface area (Å²) < 4.78 is 5.35. The second kappa shape index (κ2) is 8.97. The number of carbonyl (C=O) groups is 2. The number of hydrogen-bond acceptors (Lipinski definition) is 4. The molecule has 21 heavy (non-hydrogen) atoms. The Hall–Kier alpha value is -2.08. The van der Waals surface area contributed by atoms with Crippen molar-refractivity contribution in [2.45, 2.75) is 26.2 Å². The third-order valence-electron chi connectivity index (χ3n) is 3.03. The minimum absolute atomic E-state index is 0.0224. The van der Waals surface area contributed by atoms with E-state index in [1.165, 1.54) is 0 Å². The molecule has 0 spiro atoms. The molecular formula is C15H23N3O3. The molecule has 5 N–H and O–H groups in total. The van der Waals surface area contributed by atoms with Gasteiger partial charge in [0, 0.05) is 11.6 Å². The van der Waals surface area contributed by atoms with E-state index in [0.29, 0.717) is 18.0 Å². The minimum atomic E-state index is -0.398. The van der Waals surface area contributed by atoms with Gasteiger partial charge >= 0.3 is 0 Å². The van der Waals surface area contributed by atoms with Crippen LogP contribution in [0.15, 0.2) is 24.3 Å². The van der Waals surface area contributed by atoms with Gasteiger partial charge in [0.05, 0.1) is 13.0 Å². The van der Waals surface area contributed by atoms with E-state index in [1.54, 1.807) is 24.3 Å². The Morgan fingerprint density at radius 2 is 1.95 bits per heavy atom. The molecule has 0 heterocycles. The Kier molecular flexibility index (Phi) is 7.25. The number of benzene rings is 1. The van der Waals surface area contributed by atoms with Crippen LogP contribution in [0.2, 0.25) is 0 Å². The molecule has 1 rings (SSSR count). The van der Waals surface area contributed by atoms with E-state index in [2.05, 4.69) is 5.32 Å². The average molecular weight is 293 g/mol. The number of amides is 2. The number of primary amides is 1. The van der Waals surface area contributed by atoms with Crippen molar-refractivity contribution in [2.75, 3.05) is 18.5 Å². The van der Waals surface area contributed by atoms with Crippen molar-refractivity contribution in [1.82, 2.24) is 0 Å². The van der Waals surface area contributed by atoms with Crippen LogP contribution in [0.1, 0.15) is 26.2 Å². The smallest absolute Gasteiger partial charge is 0.227 e. The molecule has 0 saturated heterocycles. The molecule has 0 fully saturated rings. The summed E-state index contributed by atoms with van der Waals surface area (Å²) in [5.41, 5.74) is 11.2. The van der Waals surface area contributed by atoms with Gasteiger partial charge in [-0.3, -0.25) is 9.59 Å².